The van der Waals surface area contributed by atoms with Gasteiger partial charge in [-0.25, -0.2) is 4.39 Å². The fourth-order valence-corrected chi connectivity index (χ4v) is 2.52. The number of hydrogen-bond donors (Lipinski definition) is 0. The van der Waals surface area contributed by atoms with Crippen molar-refractivity contribution in [2.75, 3.05) is 0 Å². The smallest absolute Gasteiger partial charge is 0.123 e. The molecule has 0 heterocycles. The van der Waals surface area contributed by atoms with E-state index >= 15 is 0 Å². The Hall–Kier alpha value is -1.34. The van der Waals surface area contributed by atoms with Crippen molar-refractivity contribution in [2.45, 2.75) is 19.2 Å². The van der Waals surface area contributed by atoms with Crippen molar-refractivity contribution in [3.05, 3.63) is 70.5 Å². The second-order valence-electron chi connectivity index (χ2n) is 4.22. The van der Waals surface area contributed by atoms with Gasteiger partial charge in [0.2, 0.25) is 0 Å². The van der Waals surface area contributed by atoms with E-state index in [-0.39, 0.29) is 11.2 Å². The molecule has 0 saturated carbocycles. The van der Waals surface area contributed by atoms with E-state index in [0.717, 1.165) is 22.3 Å². The molecule has 0 nitrogen and oxygen atoms in total. The maximum absolute atomic E-state index is 12.9. The first kappa shape index (κ1) is 12.1. The van der Waals surface area contributed by atoms with Crippen molar-refractivity contribution in [1.29, 1.82) is 0 Å². The fourth-order valence-electron chi connectivity index (χ4n) is 2.03. The number of halogens is 2. The van der Waals surface area contributed by atoms with Gasteiger partial charge in [0.15, 0.2) is 0 Å². The van der Waals surface area contributed by atoms with Crippen LogP contribution in [0.2, 0.25) is 0 Å². The SMILES string of the molecule is Cc1cccc(C)c1C(Cl)c1ccc(F)cc1. The third-order valence-electron chi connectivity index (χ3n) is 2.96. The van der Waals surface area contributed by atoms with E-state index < -0.39 is 0 Å². The molecule has 2 heteroatoms. The van der Waals surface area contributed by atoms with Gasteiger partial charge < -0.3 is 0 Å². The highest BCUT2D eigenvalue weighted by atomic mass is 35.5. The van der Waals surface area contributed by atoms with Gasteiger partial charge in [-0.15, -0.1) is 11.6 Å². The zero-order valence-electron chi connectivity index (χ0n) is 9.87. The maximum Gasteiger partial charge on any atom is 0.123 e. The van der Waals surface area contributed by atoms with Gasteiger partial charge in [0.25, 0.3) is 0 Å². The molecule has 0 aliphatic heterocycles. The van der Waals surface area contributed by atoms with Crippen molar-refractivity contribution in [3.8, 4) is 0 Å². The molecule has 0 amide bonds. The molecule has 0 aliphatic rings. The monoisotopic (exact) mass is 248 g/mol. The van der Waals surface area contributed by atoms with Gasteiger partial charge in [0.05, 0.1) is 5.38 Å². The van der Waals surface area contributed by atoms with Crippen LogP contribution < -0.4 is 0 Å². The van der Waals surface area contributed by atoms with E-state index in [2.05, 4.69) is 0 Å². The van der Waals surface area contributed by atoms with Crippen LogP contribution in [0.25, 0.3) is 0 Å². The molecule has 17 heavy (non-hydrogen) atoms. The van der Waals surface area contributed by atoms with Gasteiger partial charge in [-0.3, -0.25) is 0 Å². The fraction of sp³-hybridized carbons (Fsp3) is 0.200. The van der Waals surface area contributed by atoms with Crippen LogP contribution in [-0.4, -0.2) is 0 Å². The highest BCUT2D eigenvalue weighted by Gasteiger charge is 2.15. The first-order valence-electron chi connectivity index (χ1n) is 5.55. The van der Waals surface area contributed by atoms with Gasteiger partial charge in [0, 0.05) is 0 Å². The van der Waals surface area contributed by atoms with E-state index in [4.69, 9.17) is 11.6 Å². The van der Waals surface area contributed by atoms with Crippen LogP contribution in [-0.2, 0) is 0 Å². The summed E-state index contributed by atoms with van der Waals surface area (Å²) in [6.45, 7) is 4.09. The molecular weight excluding hydrogens is 235 g/mol. The molecule has 0 aliphatic carbocycles. The third kappa shape index (κ3) is 2.50. The Morgan fingerprint density at radius 3 is 2.00 bits per heavy atom. The van der Waals surface area contributed by atoms with Crippen LogP contribution in [0.15, 0.2) is 42.5 Å². The molecule has 2 aromatic rings. The average Bonchev–Trinajstić information content (AvgIpc) is 2.29. The molecule has 1 atom stereocenters. The van der Waals surface area contributed by atoms with Gasteiger partial charge in [-0.2, -0.15) is 0 Å². The lowest BCUT2D eigenvalue weighted by atomic mass is 9.96. The highest BCUT2D eigenvalue weighted by Crippen LogP contribution is 2.33. The minimum Gasteiger partial charge on any atom is -0.207 e. The van der Waals surface area contributed by atoms with Crippen LogP contribution in [0.1, 0.15) is 27.6 Å². The summed E-state index contributed by atoms with van der Waals surface area (Å²) < 4.78 is 12.9. The standard InChI is InChI=1S/C15H14ClF/c1-10-4-3-5-11(2)14(10)15(16)12-6-8-13(17)9-7-12/h3-9,15H,1-2H3. The average molecular weight is 249 g/mol. The van der Waals surface area contributed by atoms with Crippen LogP contribution in [0.3, 0.4) is 0 Å². The maximum atomic E-state index is 12.9. The second kappa shape index (κ2) is 4.89. The minimum atomic E-state index is -0.237. The van der Waals surface area contributed by atoms with E-state index in [1.807, 2.05) is 32.0 Å². The Morgan fingerprint density at radius 2 is 1.47 bits per heavy atom. The first-order chi connectivity index (χ1) is 8.09. The van der Waals surface area contributed by atoms with E-state index in [1.54, 1.807) is 12.1 Å². The lowest BCUT2D eigenvalue weighted by molar-refractivity contribution is 0.627. The molecule has 0 fully saturated rings. The van der Waals surface area contributed by atoms with Gasteiger partial charge >= 0.3 is 0 Å². The molecule has 2 rings (SSSR count). The molecule has 0 saturated heterocycles. The Morgan fingerprint density at radius 1 is 0.941 bits per heavy atom. The molecule has 0 bridgehead atoms. The number of alkyl halides is 1. The second-order valence-corrected chi connectivity index (χ2v) is 4.66. The van der Waals surface area contributed by atoms with E-state index in [9.17, 15) is 4.39 Å². The van der Waals surface area contributed by atoms with Crippen molar-refractivity contribution in [1.82, 2.24) is 0 Å². The lowest BCUT2D eigenvalue weighted by Crippen LogP contribution is -1.99. The lowest BCUT2D eigenvalue weighted by Gasteiger charge is -2.16. The van der Waals surface area contributed by atoms with Crippen molar-refractivity contribution in [3.63, 3.8) is 0 Å². The quantitative estimate of drug-likeness (QED) is 0.672. The minimum absolute atomic E-state index is 0.225. The Labute approximate surface area is 106 Å². The number of aryl methyl sites for hydroxylation is 2. The Balaban J connectivity index is 2.43. The van der Waals surface area contributed by atoms with E-state index in [0.29, 0.717) is 0 Å². The van der Waals surface area contributed by atoms with E-state index in [1.165, 1.54) is 12.1 Å². The van der Waals surface area contributed by atoms with Crippen LogP contribution in [0, 0.1) is 19.7 Å². The topological polar surface area (TPSA) is 0 Å². The highest BCUT2D eigenvalue weighted by molar-refractivity contribution is 6.22. The zero-order valence-corrected chi connectivity index (χ0v) is 10.6. The largest absolute Gasteiger partial charge is 0.207 e. The Bertz CT molecular complexity index is 497. The molecule has 0 radical (unpaired) electrons. The molecule has 2 aromatic carbocycles. The van der Waals surface area contributed by atoms with Gasteiger partial charge in [-0.05, 0) is 48.2 Å². The predicted molar refractivity (Wildman–Crippen MR) is 70.0 cm³/mol. The molecular formula is C15H14ClF. The first-order valence-corrected chi connectivity index (χ1v) is 5.99. The zero-order chi connectivity index (χ0) is 12.4. The van der Waals surface area contributed by atoms with Gasteiger partial charge in [0.1, 0.15) is 5.82 Å². The summed E-state index contributed by atoms with van der Waals surface area (Å²) in [6.07, 6.45) is 0. The summed E-state index contributed by atoms with van der Waals surface area (Å²) >= 11 is 6.47. The van der Waals surface area contributed by atoms with Crippen LogP contribution in [0.5, 0.6) is 0 Å². The summed E-state index contributed by atoms with van der Waals surface area (Å²) in [6, 6.07) is 12.5. The summed E-state index contributed by atoms with van der Waals surface area (Å²) in [5.74, 6) is -0.237. The molecule has 0 aromatic heterocycles. The number of benzene rings is 2. The van der Waals surface area contributed by atoms with Crippen LogP contribution in [0.4, 0.5) is 4.39 Å². The third-order valence-corrected chi connectivity index (χ3v) is 3.43. The van der Waals surface area contributed by atoms with Crippen molar-refractivity contribution in [2.24, 2.45) is 0 Å². The molecule has 0 N–H and O–H groups in total. The number of rotatable bonds is 2. The molecule has 1 unspecified atom stereocenters. The Kier molecular flexibility index (Phi) is 3.49. The molecule has 0 spiro atoms. The summed E-state index contributed by atoms with van der Waals surface area (Å²) in [5.41, 5.74) is 4.36. The van der Waals surface area contributed by atoms with Gasteiger partial charge in [-0.1, -0.05) is 30.3 Å². The van der Waals surface area contributed by atoms with Crippen LogP contribution >= 0.6 is 11.6 Å². The van der Waals surface area contributed by atoms with Crippen molar-refractivity contribution >= 4 is 11.6 Å². The number of hydrogen-bond acceptors (Lipinski definition) is 0. The van der Waals surface area contributed by atoms with Crippen molar-refractivity contribution < 1.29 is 4.39 Å². The molecule has 88 valence electrons. The summed E-state index contributed by atoms with van der Waals surface area (Å²) in [5, 5.41) is -0.225. The normalized spacial score (nSPS) is 12.5. The predicted octanol–water partition coefficient (Wildman–Crippen LogP) is 4.77. The summed E-state index contributed by atoms with van der Waals surface area (Å²) in [7, 11) is 0. The summed E-state index contributed by atoms with van der Waals surface area (Å²) in [4.78, 5) is 0.